The number of ether oxygens (including phenoxy) is 5. The lowest BCUT2D eigenvalue weighted by molar-refractivity contribution is -0.302. The van der Waals surface area contributed by atoms with Crippen LogP contribution in [0.5, 0.6) is 17.2 Å². The van der Waals surface area contributed by atoms with Gasteiger partial charge in [0.05, 0.1) is 60.4 Å². The van der Waals surface area contributed by atoms with Gasteiger partial charge in [0.15, 0.2) is 24.1 Å². The summed E-state index contributed by atoms with van der Waals surface area (Å²) < 4.78 is 29.4. The van der Waals surface area contributed by atoms with Crippen LogP contribution in [0, 0.1) is 0 Å². The number of fused-ring (bicyclic) bond motifs is 3. The number of Topliss-reactive ketones (excluding diaryl/α,β-unsaturated/α-hetero) is 1. The van der Waals surface area contributed by atoms with E-state index in [0.717, 1.165) is 6.92 Å². The Morgan fingerprint density at radius 3 is 2.33 bits per heavy atom. The van der Waals surface area contributed by atoms with E-state index in [1.165, 1.54) is 25.3 Å². The summed E-state index contributed by atoms with van der Waals surface area (Å²) in [4.78, 5) is 43.2. The second kappa shape index (κ2) is 13.0. The van der Waals surface area contributed by atoms with Crippen LogP contribution in [-0.4, -0.2) is 105 Å². The van der Waals surface area contributed by atoms with Crippen molar-refractivity contribution in [1.82, 2.24) is 0 Å². The zero-order valence-corrected chi connectivity index (χ0v) is 27.1. The lowest BCUT2D eigenvalue weighted by atomic mass is 9.72. The molecule has 2 saturated heterocycles. The van der Waals surface area contributed by atoms with Crippen LogP contribution in [0.4, 0.5) is 0 Å². The lowest BCUT2D eigenvalue weighted by Crippen LogP contribution is -2.54. The number of phenolic OH excluding ortho intramolecular Hbond substituents is 2. The van der Waals surface area contributed by atoms with E-state index in [1.807, 2.05) is 0 Å². The van der Waals surface area contributed by atoms with E-state index < -0.39 is 114 Å². The standard InChI is InChI=1S/C33H37N3O13/c1-12-27(39)18(38)9-22(46-12)49-32-13(2)47-21(8-17(32)35-36-34)48-20-11-33(44,14(3)37)10-16-24(20)31(43)26-25(29(16)41)28(40)15-6-5-7-19(45-4)23(15)30(26)42/h5-7,12-13,17-18,20-22,27,32,38-39,41,43-44H,8-11H2,1-4H3/t12-,13-,17-,18-,20-,21-,22-,27-,32+,33-/m0/s1. The van der Waals surface area contributed by atoms with Crippen LogP contribution in [0.25, 0.3) is 10.4 Å². The van der Waals surface area contributed by atoms with E-state index in [4.69, 9.17) is 23.7 Å². The van der Waals surface area contributed by atoms with Crippen molar-refractivity contribution < 1.29 is 63.6 Å². The van der Waals surface area contributed by atoms with Gasteiger partial charge in [0.25, 0.3) is 0 Å². The van der Waals surface area contributed by atoms with Crippen molar-refractivity contribution in [3.05, 3.63) is 62.0 Å². The van der Waals surface area contributed by atoms with Gasteiger partial charge >= 0.3 is 0 Å². The third-order valence-corrected chi connectivity index (χ3v) is 9.87. The van der Waals surface area contributed by atoms with Crippen molar-refractivity contribution in [2.24, 2.45) is 5.11 Å². The summed E-state index contributed by atoms with van der Waals surface area (Å²) in [6.45, 7) is 4.34. The predicted octanol–water partition coefficient (Wildman–Crippen LogP) is 2.26. The van der Waals surface area contributed by atoms with Gasteiger partial charge in [0.2, 0.25) is 5.78 Å². The zero-order valence-electron chi connectivity index (χ0n) is 27.1. The molecule has 0 saturated carbocycles. The summed E-state index contributed by atoms with van der Waals surface area (Å²) in [5, 5.41) is 58.8. The van der Waals surface area contributed by atoms with Gasteiger partial charge in [-0.25, -0.2) is 0 Å². The summed E-state index contributed by atoms with van der Waals surface area (Å²) in [6.07, 6.45) is -9.24. The molecule has 0 amide bonds. The normalized spacial score (nSPS) is 33.9. The van der Waals surface area contributed by atoms with Crippen LogP contribution in [0.1, 0.15) is 89.1 Å². The first-order valence-corrected chi connectivity index (χ1v) is 15.8. The van der Waals surface area contributed by atoms with Crippen LogP contribution in [0.3, 0.4) is 0 Å². The number of carbonyl (C=O) groups is 3. The SMILES string of the molecule is COc1cccc2c1C(=O)c1c(O)c3c(c(O)c1C2=O)C[C@@](O)(C(C)=O)C[C@@H]3O[C@H]1C[C@H](N=[N+]=[N-])[C@H](O[C@H]2C[C@H](O)[C@@H](O)[C@H](C)O2)[C@H](C)O1. The maximum Gasteiger partial charge on any atom is 0.202 e. The van der Waals surface area contributed by atoms with Crippen LogP contribution in [0.2, 0.25) is 0 Å². The molecule has 262 valence electrons. The van der Waals surface area contributed by atoms with Crippen molar-refractivity contribution >= 4 is 17.3 Å². The van der Waals surface area contributed by atoms with Crippen molar-refractivity contribution in [3.63, 3.8) is 0 Å². The van der Waals surface area contributed by atoms with Crippen LogP contribution >= 0.6 is 0 Å². The summed E-state index contributed by atoms with van der Waals surface area (Å²) in [5.74, 6) is -3.50. The number of aromatic hydroxyl groups is 2. The van der Waals surface area contributed by atoms with Crippen LogP contribution in [-0.2, 0) is 30.2 Å². The Morgan fingerprint density at radius 2 is 1.67 bits per heavy atom. The molecule has 2 aromatic carbocycles. The number of aliphatic hydroxyl groups excluding tert-OH is 2. The molecule has 2 aromatic rings. The Kier molecular flexibility index (Phi) is 9.19. The van der Waals surface area contributed by atoms with E-state index >= 15 is 0 Å². The average molecular weight is 684 g/mol. The molecular weight excluding hydrogens is 646 g/mol. The van der Waals surface area contributed by atoms with Gasteiger partial charge in [0, 0.05) is 47.3 Å². The summed E-state index contributed by atoms with van der Waals surface area (Å²) in [6, 6.07) is 3.46. The molecular formula is C33H37N3O13. The smallest absolute Gasteiger partial charge is 0.202 e. The Balaban J connectivity index is 1.36. The van der Waals surface area contributed by atoms with Crippen LogP contribution < -0.4 is 4.74 Å². The Labute approximate surface area is 279 Å². The molecule has 0 bridgehead atoms. The topological polar surface area (TPSA) is 247 Å². The number of azide groups is 1. The minimum absolute atomic E-state index is 0.0508. The van der Waals surface area contributed by atoms with Crippen molar-refractivity contribution in [3.8, 4) is 17.2 Å². The molecule has 10 atom stereocenters. The number of phenols is 2. The molecule has 2 fully saturated rings. The van der Waals surface area contributed by atoms with Gasteiger partial charge in [0.1, 0.15) is 29.0 Å². The number of rotatable bonds is 7. The number of hydrogen-bond donors (Lipinski definition) is 5. The first-order chi connectivity index (χ1) is 23.2. The van der Waals surface area contributed by atoms with E-state index in [-0.39, 0.29) is 40.8 Å². The highest BCUT2D eigenvalue weighted by molar-refractivity contribution is 6.31. The minimum Gasteiger partial charge on any atom is -0.507 e. The summed E-state index contributed by atoms with van der Waals surface area (Å²) in [7, 11) is 1.32. The highest BCUT2D eigenvalue weighted by Gasteiger charge is 2.50. The van der Waals surface area contributed by atoms with Gasteiger partial charge in [-0.2, -0.15) is 0 Å². The number of ketones is 3. The third-order valence-electron chi connectivity index (χ3n) is 9.87. The minimum atomic E-state index is -2.10. The Bertz CT molecular complexity index is 1750. The first kappa shape index (κ1) is 34.7. The molecule has 2 heterocycles. The van der Waals surface area contributed by atoms with Gasteiger partial charge < -0.3 is 49.2 Å². The lowest BCUT2D eigenvalue weighted by Gasteiger charge is -2.44. The second-order valence-electron chi connectivity index (χ2n) is 12.9. The fourth-order valence-corrected chi connectivity index (χ4v) is 7.26. The molecule has 0 aromatic heterocycles. The van der Waals surface area contributed by atoms with Crippen molar-refractivity contribution in [2.75, 3.05) is 7.11 Å². The summed E-state index contributed by atoms with van der Waals surface area (Å²) in [5.41, 5.74) is 5.88. The number of aliphatic hydroxyl groups is 3. The molecule has 6 rings (SSSR count). The average Bonchev–Trinajstić information content (AvgIpc) is 3.05. The molecule has 5 N–H and O–H groups in total. The van der Waals surface area contributed by atoms with E-state index in [1.54, 1.807) is 13.8 Å². The van der Waals surface area contributed by atoms with E-state index in [9.17, 15) is 45.4 Å². The highest BCUT2D eigenvalue weighted by atomic mass is 16.7. The Hall–Kier alpha value is -4.12. The van der Waals surface area contributed by atoms with Crippen molar-refractivity contribution in [1.29, 1.82) is 0 Å². The number of carbonyl (C=O) groups excluding carboxylic acids is 3. The summed E-state index contributed by atoms with van der Waals surface area (Å²) >= 11 is 0. The Morgan fingerprint density at radius 1 is 1.00 bits per heavy atom. The molecule has 0 spiro atoms. The van der Waals surface area contributed by atoms with E-state index in [2.05, 4.69) is 10.0 Å². The maximum absolute atomic E-state index is 13.9. The molecule has 2 aliphatic carbocycles. The molecule has 0 unspecified atom stereocenters. The monoisotopic (exact) mass is 683 g/mol. The molecule has 49 heavy (non-hydrogen) atoms. The van der Waals surface area contributed by atoms with Gasteiger partial charge in [-0.3, -0.25) is 14.4 Å². The number of methoxy groups -OCH3 is 1. The largest absolute Gasteiger partial charge is 0.507 e. The zero-order chi connectivity index (χ0) is 35.5. The fraction of sp³-hybridized carbons (Fsp3) is 0.545. The second-order valence-corrected chi connectivity index (χ2v) is 12.9. The maximum atomic E-state index is 13.9. The first-order valence-electron chi connectivity index (χ1n) is 15.8. The predicted molar refractivity (Wildman–Crippen MR) is 165 cm³/mol. The van der Waals surface area contributed by atoms with Gasteiger partial charge in [-0.05, 0) is 32.4 Å². The highest BCUT2D eigenvalue weighted by Crippen LogP contribution is 2.52. The number of hydrogen-bond acceptors (Lipinski definition) is 14. The molecule has 16 nitrogen and oxygen atoms in total. The van der Waals surface area contributed by atoms with Crippen molar-refractivity contribution in [2.45, 2.75) is 107 Å². The number of nitrogens with zero attached hydrogens (tertiary/aromatic N) is 3. The van der Waals surface area contributed by atoms with Gasteiger partial charge in [-0.15, -0.1) is 0 Å². The fourth-order valence-electron chi connectivity index (χ4n) is 7.26. The molecule has 0 radical (unpaired) electrons. The molecule has 16 heteroatoms. The van der Waals surface area contributed by atoms with E-state index in [0.29, 0.717) is 0 Å². The quantitative estimate of drug-likeness (QED) is 0.104. The van der Waals surface area contributed by atoms with Gasteiger partial charge in [-0.1, -0.05) is 17.2 Å². The number of benzene rings is 2. The third kappa shape index (κ3) is 5.83. The van der Waals surface area contributed by atoms with Crippen LogP contribution in [0.15, 0.2) is 23.3 Å². The molecule has 2 aliphatic heterocycles. The molecule has 4 aliphatic rings.